The molecule has 4 heterocycles. The second kappa shape index (κ2) is 6.98. The van der Waals surface area contributed by atoms with Gasteiger partial charge >= 0.3 is 0 Å². The molecule has 0 spiro atoms. The number of nitrogens with two attached hydrogens (primary N) is 1. The maximum atomic E-state index is 10.5. The first-order valence-electron chi connectivity index (χ1n) is 8.69. The van der Waals surface area contributed by atoms with Crippen molar-refractivity contribution in [3.8, 4) is 0 Å². The molecule has 4 aromatic rings. The highest BCUT2D eigenvalue weighted by Crippen LogP contribution is 2.36. The van der Waals surface area contributed by atoms with Gasteiger partial charge in [0, 0.05) is 11.9 Å². The number of anilines is 1. The van der Waals surface area contributed by atoms with Crippen molar-refractivity contribution in [1.29, 1.82) is 0 Å². The van der Waals surface area contributed by atoms with Crippen LogP contribution in [0.3, 0.4) is 0 Å². The van der Waals surface area contributed by atoms with Gasteiger partial charge < -0.3 is 25.3 Å². The van der Waals surface area contributed by atoms with Crippen molar-refractivity contribution in [2.24, 2.45) is 0 Å². The summed E-state index contributed by atoms with van der Waals surface area (Å²) in [5, 5.41) is 21.7. The van der Waals surface area contributed by atoms with E-state index >= 15 is 0 Å². The second-order valence-electron chi connectivity index (χ2n) is 6.52. The van der Waals surface area contributed by atoms with E-state index in [4.69, 9.17) is 10.5 Å². The summed E-state index contributed by atoms with van der Waals surface area (Å²) < 4.78 is 9.70. The van der Waals surface area contributed by atoms with Gasteiger partial charge in [-0.2, -0.15) is 0 Å². The second-order valence-corrected chi connectivity index (χ2v) is 8.82. The number of thioether (sulfide) groups is 1. The molecule has 144 valence electrons. The molecule has 1 fully saturated rings. The molecule has 0 bridgehead atoms. The monoisotopic (exact) mass is 415 g/mol. The Morgan fingerprint density at radius 1 is 1.18 bits per heavy atom. The van der Waals surface area contributed by atoms with Gasteiger partial charge in [0.1, 0.15) is 30.0 Å². The number of aliphatic hydroxyl groups is 2. The van der Waals surface area contributed by atoms with Gasteiger partial charge in [-0.25, -0.2) is 15.0 Å². The van der Waals surface area contributed by atoms with Crippen LogP contribution in [0, 0.1) is 0 Å². The summed E-state index contributed by atoms with van der Waals surface area (Å²) in [6.45, 7) is 0. The fraction of sp³-hybridized carbons (Fsp3) is 0.278. The molecule has 0 saturated carbocycles. The maximum absolute atomic E-state index is 10.5. The fourth-order valence-electron chi connectivity index (χ4n) is 3.36. The molecule has 0 aliphatic carbocycles. The van der Waals surface area contributed by atoms with E-state index in [0.29, 0.717) is 22.6 Å². The minimum atomic E-state index is -1.08. The van der Waals surface area contributed by atoms with Gasteiger partial charge in [0.05, 0.1) is 21.7 Å². The van der Waals surface area contributed by atoms with Gasteiger partial charge in [-0.05, 0) is 18.2 Å². The Morgan fingerprint density at radius 2 is 2.04 bits per heavy atom. The minimum absolute atomic E-state index is 0.361. The highest BCUT2D eigenvalue weighted by atomic mass is 32.2. The van der Waals surface area contributed by atoms with Gasteiger partial charge in [0.25, 0.3) is 0 Å². The first kappa shape index (κ1) is 17.8. The van der Waals surface area contributed by atoms with Crippen molar-refractivity contribution in [2.75, 3.05) is 11.5 Å². The Hall–Kier alpha value is -2.24. The molecule has 0 unspecified atom stereocenters. The highest BCUT2D eigenvalue weighted by Gasteiger charge is 2.44. The Morgan fingerprint density at radius 3 is 2.89 bits per heavy atom. The average molecular weight is 416 g/mol. The molecule has 1 aromatic carbocycles. The van der Waals surface area contributed by atoms with E-state index in [2.05, 4.69) is 15.0 Å². The van der Waals surface area contributed by atoms with Crippen LogP contribution in [0.5, 0.6) is 0 Å². The van der Waals surface area contributed by atoms with Crippen molar-refractivity contribution in [3.63, 3.8) is 0 Å². The van der Waals surface area contributed by atoms with Gasteiger partial charge in [0.2, 0.25) is 0 Å². The zero-order valence-corrected chi connectivity index (χ0v) is 16.2. The number of hydrogen-bond donors (Lipinski definition) is 3. The molecule has 28 heavy (non-hydrogen) atoms. The lowest BCUT2D eigenvalue weighted by Gasteiger charge is -2.17. The van der Waals surface area contributed by atoms with E-state index in [1.54, 1.807) is 28.2 Å². The molecular weight excluding hydrogens is 398 g/mol. The van der Waals surface area contributed by atoms with Crippen molar-refractivity contribution < 1.29 is 14.9 Å². The minimum Gasteiger partial charge on any atom is -0.387 e. The largest absolute Gasteiger partial charge is 0.387 e. The Bertz CT molecular complexity index is 1110. The van der Waals surface area contributed by atoms with Crippen molar-refractivity contribution in [1.82, 2.24) is 19.5 Å². The third kappa shape index (κ3) is 2.93. The van der Waals surface area contributed by atoms with E-state index in [-0.39, 0.29) is 0 Å². The first-order valence-corrected chi connectivity index (χ1v) is 10.5. The number of thiazole rings is 1. The summed E-state index contributed by atoms with van der Waals surface area (Å²) in [7, 11) is 0. The number of aliphatic hydroxyl groups excluding tert-OH is 2. The van der Waals surface area contributed by atoms with Crippen LogP contribution in [0.15, 0.2) is 47.2 Å². The summed E-state index contributed by atoms with van der Waals surface area (Å²) in [6.07, 6.45) is -0.265. The standard InChI is InChI=1S/C18H17N5O3S2/c19-15-9-5-6-23(16(9)21-8-20-15)17-14(25)13(24)11(26-17)7-27-18-22-10-3-1-2-4-12(10)28-18/h1-6,8,11,13-14,17,24-25H,7H2,(H2,19,20,21)/t11-,13-,14-,17-/m1/s1. The number of aromatic nitrogens is 4. The number of nitrogen functional groups attached to an aromatic ring is 1. The van der Waals surface area contributed by atoms with Gasteiger partial charge in [0.15, 0.2) is 10.6 Å². The summed E-state index contributed by atoms with van der Waals surface area (Å²) in [6, 6.07) is 9.72. The molecule has 1 aliphatic heterocycles. The number of nitrogens with zero attached hydrogens (tertiary/aromatic N) is 4. The molecule has 10 heteroatoms. The molecule has 4 atom stereocenters. The predicted molar refractivity (Wildman–Crippen MR) is 108 cm³/mol. The fourth-order valence-corrected chi connectivity index (χ4v) is 5.51. The lowest BCUT2D eigenvalue weighted by Crippen LogP contribution is -2.32. The third-order valence-electron chi connectivity index (χ3n) is 4.80. The number of para-hydroxylation sites is 1. The molecule has 0 amide bonds. The topological polar surface area (TPSA) is 119 Å². The Labute approximate surface area is 168 Å². The van der Waals surface area contributed by atoms with E-state index in [1.807, 2.05) is 24.3 Å². The normalized spacial score (nSPS) is 25.1. The quantitative estimate of drug-likeness (QED) is 0.433. The number of fused-ring (bicyclic) bond motifs is 2. The lowest BCUT2D eigenvalue weighted by molar-refractivity contribution is -0.0285. The number of rotatable bonds is 4. The molecule has 0 radical (unpaired) electrons. The Balaban J connectivity index is 1.35. The number of benzene rings is 1. The SMILES string of the molecule is Nc1ncnc2c1ccn2[C@@H]1O[C@H](CSc2nc3ccccc3s2)[C@@H](O)[C@H]1O. The third-order valence-corrected chi connectivity index (χ3v) is 7.06. The van der Waals surface area contributed by atoms with Crippen LogP contribution < -0.4 is 5.73 Å². The first-order chi connectivity index (χ1) is 13.6. The molecule has 1 aliphatic rings. The van der Waals surface area contributed by atoms with Crippen LogP contribution in [0.25, 0.3) is 21.3 Å². The average Bonchev–Trinajstić information content (AvgIpc) is 3.38. The lowest BCUT2D eigenvalue weighted by atomic mass is 10.1. The predicted octanol–water partition coefficient (Wildman–Crippen LogP) is 2.03. The van der Waals surface area contributed by atoms with Gasteiger partial charge in [-0.1, -0.05) is 23.9 Å². The summed E-state index contributed by atoms with van der Waals surface area (Å²) >= 11 is 3.11. The van der Waals surface area contributed by atoms with Gasteiger partial charge in [-0.15, -0.1) is 11.3 Å². The van der Waals surface area contributed by atoms with E-state index < -0.39 is 24.5 Å². The van der Waals surface area contributed by atoms with Gasteiger partial charge in [-0.3, -0.25) is 0 Å². The smallest absolute Gasteiger partial charge is 0.164 e. The molecule has 3 aromatic heterocycles. The van der Waals surface area contributed by atoms with E-state index in [0.717, 1.165) is 14.6 Å². The molecular formula is C18H17N5O3S2. The maximum Gasteiger partial charge on any atom is 0.164 e. The van der Waals surface area contributed by atoms with E-state index in [9.17, 15) is 10.2 Å². The van der Waals surface area contributed by atoms with Crippen LogP contribution in [-0.4, -0.2) is 53.8 Å². The number of hydrogen-bond acceptors (Lipinski definition) is 9. The van der Waals surface area contributed by atoms with Crippen molar-refractivity contribution >= 4 is 50.2 Å². The van der Waals surface area contributed by atoms with E-state index in [1.165, 1.54) is 18.1 Å². The molecule has 5 rings (SSSR count). The van der Waals surface area contributed by atoms with Crippen LogP contribution in [0.4, 0.5) is 5.82 Å². The summed E-state index contributed by atoms with van der Waals surface area (Å²) in [5.74, 6) is 0.838. The Kier molecular flexibility index (Phi) is 4.44. The summed E-state index contributed by atoms with van der Waals surface area (Å²) in [5.41, 5.74) is 7.39. The van der Waals surface area contributed by atoms with Crippen LogP contribution in [0.2, 0.25) is 0 Å². The van der Waals surface area contributed by atoms with Crippen molar-refractivity contribution in [3.05, 3.63) is 42.9 Å². The molecule has 1 saturated heterocycles. The zero-order chi connectivity index (χ0) is 19.3. The molecule has 4 N–H and O–H groups in total. The highest BCUT2D eigenvalue weighted by molar-refractivity contribution is 8.01. The van der Waals surface area contributed by atoms with Crippen LogP contribution in [0.1, 0.15) is 6.23 Å². The summed E-state index contributed by atoms with van der Waals surface area (Å²) in [4.78, 5) is 12.8. The molecule has 8 nitrogen and oxygen atoms in total. The zero-order valence-electron chi connectivity index (χ0n) is 14.5. The van der Waals surface area contributed by atoms with Crippen LogP contribution in [-0.2, 0) is 4.74 Å². The number of ether oxygens (including phenoxy) is 1. The van der Waals surface area contributed by atoms with Crippen molar-refractivity contribution in [2.45, 2.75) is 28.9 Å². The van der Waals surface area contributed by atoms with Crippen LogP contribution >= 0.6 is 23.1 Å².